The number of aryl methyl sites for hydroxylation is 1. The lowest BCUT2D eigenvalue weighted by atomic mass is 10.0. The Morgan fingerprint density at radius 2 is 1.89 bits per heavy atom. The second-order valence-electron chi connectivity index (χ2n) is 4.43. The molecule has 0 saturated heterocycles. The van der Waals surface area contributed by atoms with Gasteiger partial charge in [-0.05, 0) is 6.92 Å². The maximum atomic E-state index is 12.5. The summed E-state index contributed by atoms with van der Waals surface area (Å²) in [6.07, 6.45) is 0.815. The summed E-state index contributed by atoms with van der Waals surface area (Å²) in [6, 6.07) is 9.45. The summed E-state index contributed by atoms with van der Waals surface area (Å²) in [6.45, 7) is 6.23. The van der Waals surface area contributed by atoms with E-state index in [0.717, 1.165) is 12.0 Å². The summed E-state index contributed by atoms with van der Waals surface area (Å²) in [5.41, 5.74) is 4.04. The molecule has 1 heterocycles. The Balaban J connectivity index is 0.00000180. The second kappa shape index (κ2) is 6.96. The zero-order valence-electron chi connectivity index (χ0n) is 11.4. The van der Waals surface area contributed by atoms with Gasteiger partial charge in [0.2, 0.25) is 17.3 Å². The third kappa shape index (κ3) is 3.31. The van der Waals surface area contributed by atoms with Crippen LogP contribution in [0.1, 0.15) is 40.3 Å². The van der Waals surface area contributed by atoms with E-state index in [-0.39, 0.29) is 28.8 Å². The predicted octanol–water partition coefficient (Wildman–Crippen LogP) is 0.490. The summed E-state index contributed by atoms with van der Waals surface area (Å²) in [5, 5.41) is 0. The first-order valence-corrected chi connectivity index (χ1v) is 7.08. The van der Waals surface area contributed by atoms with E-state index >= 15 is 0 Å². The van der Waals surface area contributed by atoms with Crippen LogP contribution in [0.2, 0.25) is 0 Å². The van der Waals surface area contributed by atoms with Gasteiger partial charge in [-0.15, -0.1) is 0 Å². The summed E-state index contributed by atoms with van der Waals surface area (Å²) < 4.78 is 2.11. The van der Waals surface area contributed by atoms with Crippen molar-refractivity contribution in [2.45, 2.75) is 33.2 Å². The topological polar surface area (TPSA) is 20.9 Å². The van der Waals surface area contributed by atoms with Gasteiger partial charge in [0, 0.05) is 18.9 Å². The minimum atomic E-state index is -0.0858. The lowest BCUT2D eigenvalue weighted by Crippen LogP contribution is -3.00. The average molecular weight is 340 g/mol. The number of rotatable bonds is 4. The molecule has 0 saturated carbocycles. The number of carbonyl (C=O) groups excluding carboxylic acids is 1. The first kappa shape index (κ1) is 16.1. The van der Waals surface area contributed by atoms with E-state index in [0.29, 0.717) is 0 Å². The Morgan fingerprint density at radius 1 is 1.26 bits per heavy atom. The fourth-order valence-corrected chi connectivity index (χ4v) is 2.95. The molecule has 0 aliphatic rings. The van der Waals surface area contributed by atoms with Gasteiger partial charge in [0.25, 0.3) is 0 Å². The van der Waals surface area contributed by atoms with Crippen LogP contribution in [0.15, 0.2) is 35.8 Å². The van der Waals surface area contributed by atoms with E-state index in [1.807, 2.05) is 30.3 Å². The van der Waals surface area contributed by atoms with Crippen molar-refractivity contribution in [1.82, 2.24) is 0 Å². The largest absolute Gasteiger partial charge is 1.00 e. The molecule has 0 fully saturated rings. The number of thiazole rings is 1. The molecule has 4 heteroatoms. The van der Waals surface area contributed by atoms with Crippen LogP contribution < -0.4 is 21.5 Å². The standard InChI is InChI=1S/C15H18NOS.BrH/c1-4-14(16-10-18-12(3)11(16)2)15(17)13-8-6-5-7-9-13;/h5-10,14H,4H2,1-3H3;1H/q+1;/p-1. The third-order valence-corrected chi connectivity index (χ3v) is 4.30. The van der Waals surface area contributed by atoms with Gasteiger partial charge in [0.15, 0.2) is 5.69 Å². The molecule has 0 radical (unpaired) electrons. The van der Waals surface area contributed by atoms with Crippen LogP contribution >= 0.6 is 11.3 Å². The van der Waals surface area contributed by atoms with Gasteiger partial charge in [0.1, 0.15) is 0 Å². The lowest BCUT2D eigenvalue weighted by molar-refractivity contribution is -0.709. The minimum absolute atomic E-state index is 0. The molecule has 1 unspecified atom stereocenters. The van der Waals surface area contributed by atoms with E-state index in [1.165, 1.54) is 10.6 Å². The van der Waals surface area contributed by atoms with Crippen LogP contribution in [0.25, 0.3) is 0 Å². The fourth-order valence-electron chi connectivity index (χ4n) is 2.09. The molecule has 1 aromatic heterocycles. The molecule has 0 aliphatic heterocycles. The number of ketones is 1. The number of halogens is 1. The Kier molecular flexibility index (Phi) is 5.88. The maximum Gasteiger partial charge on any atom is 0.230 e. The maximum absolute atomic E-state index is 12.5. The summed E-state index contributed by atoms with van der Waals surface area (Å²) in [5.74, 6) is 0.198. The zero-order chi connectivity index (χ0) is 13.1. The van der Waals surface area contributed by atoms with Crippen molar-refractivity contribution in [3.63, 3.8) is 0 Å². The van der Waals surface area contributed by atoms with E-state index < -0.39 is 0 Å². The molecule has 1 atom stereocenters. The molecule has 102 valence electrons. The Hall–Kier alpha value is -1.00. The van der Waals surface area contributed by atoms with Crippen molar-refractivity contribution in [1.29, 1.82) is 0 Å². The number of hydrogen-bond donors (Lipinski definition) is 0. The van der Waals surface area contributed by atoms with E-state index in [1.54, 1.807) is 11.3 Å². The highest BCUT2D eigenvalue weighted by molar-refractivity contribution is 7.09. The highest BCUT2D eigenvalue weighted by atomic mass is 79.9. The Morgan fingerprint density at radius 3 is 2.37 bits per heavy atom. The van der Waals surface area contributed by atoms with Crippen LogP contribution in [0.3, 0.4) is 0 Å². The molecular formula is C15H18BrNOS. The zero-order valence-corrected chi connectivity index (χ0v) is 13.8. The number of Topliss-reactive ketones (excluding diaryl/α,β-unsaturated/α-hetero) is 1. The number of hydrogen-bond acceptors (Lipinski definition) is 2. The van der Waals surface area contributed by atoms with Crippen molar-refractivity contribution in [3.8, 4) is 0 Å². The van der Waals surface area contributed by atoms with Crippen LogP contribution in [0.4, 0.5) is 0 Å². The monoisotopic (exact) mass is 339 g/mol. The molecule has 2 nitrogen and oxygen atoms in total. The van der Waals surface area contributed by atoms with Crippen LogP contribution in [-0.2, 0) is 0 Å². The molecule has 19 heavy (non-hydrogen) atoms. The fraction of sp³-hybridized carbons (Fsp3) is 0.333. The lowest BCUT2D eigenvalue weighted by Gasteiger charge is -2.09. The van der Waals surface area contributed by atoms with Gasteiger partial charge >= 0.3 is 0 Å². The van der Waals surface area contributed by atoms with Gasteiger partial charge in [0.05, 0.1) is 4.88 Å². The number of nitrogens with zero attached hydrogens (tertiary/aromatic N) is 1. The third-order valence-electron chi connectivity index (χ3n) is 3.32. The molecule has 0 aliphatic carbocycles. The van der Waals surface area contributed by atoms with Gasteiger partial charge < -0.3 is 17.0 Å². The van der Waals surface area contributed by atoms with E-state index in [2.05, 4.69) is 30.8 Å². The number of benzene rings is 1. The van der Waals surface area contributed by atoms with Crippen LogP contribution in [0.5, 0.6) is 0 Å². The number of aromatic nitrogens is 1. The van der Waals surface area contributed by atoms with Crippen molar-refractivity contribution in [2.24, 2.45) is 0 Å². The number of carbonyl (C=O) groups is 1. The SMILES string of the molecule is CCC(C(=O)c1ccccc1)[n+]1csc(C)c1C.[Br-]. The van der Waals surface area contributed by atoms with Gasteiger partial charge in [-0.25, -0.2) is 0 Å². The molecule has 2 rings (SSSR count). The quantitative estimate of drug-likeness (QED) is 0.586. The normalized spacial score (nSPS) is 11.7. The molecular weight excluding hydrogens is 322 g/mol. The molecule has 0 bridgehead atoms. The van der Waals surface area contributed by atoms with Crippen LogP contribution in [0, 0.1) is 13.8 Å². The second-order valence-corrected chi connectivity index (χ2v) is 5.49. The molecule has 0 amide bonds. The van der Waals surface area contributed by atoms with E-state index in [4.69, 9.17) is 0 Å². The Labute approximate surface area is 128 Å². The highest BCUT2D eigenvalue weighted by Crippen LogP contribution is 2.17. The summed E-state index contributed by atoms with van der Waals surface area (Å²) >= 11 is 1.70. The van der Waals surface area contributed by atoms with Crippen molar-refractivity contribution in [3.05, 3.63) is 52.0 Å². The van der Waals surface area contributed by atoms with Gasteiger partial charge in [-0.2, -0.15) is 4.57 Å². The molecule has 1 aromatic carbocycles. The van der Waals surface area contributed by atoms with Crippen LogP contribution in [-0.4, -0.2) is 5.78 Å². The molecule has 2 aromatic rings. The summed E-state index contributed by atoms with van der Waals surface area (Å²) in [7, 11) is 0. The molecule has 0 spiro atoms. The highest BCUT2D eigenvalue weighted by Gasteiger charge is 2.29. The van der Waals surface area contributed by atoms with Crippen molar-refractivity contribution in [2.75, 3.05) is 0 Å². The van der Waals surface area contributed by atoms with Gasteiger partial charge in [-0.1, -0.05) is 48.6 Å². The average Bonchev–Trinajstić information content (AvgIpc) is 2.73. The van der Waals surface area contributed by atoms with Crippen molar-refractivity contribution >= 4 is 17.1 Å². The Bertz CT molecular complexity index is 551. The molecule has 0 N–H and O–H groups in total. The minimum Gasteiger partial charge on any atom is -1.00 e. The van der Waals surface area contributed by atoms with Gasteiger partial charge in [-0.3, -0.25) is 4.79 Å². The first-order valence-electron chi connectivity index (χ1n) is 6.20. The predicted molar refractivity (Wildman–Crippen MR) is 74.1 cm³/mol. The smallest absolute Gasteiger partial charge is 0.230 e. The summed E-state index contributed by atoms with van der Waals surface area (Å²) in [4.78, 5) is 13.8. The van der Waals surface area contributed by atoms with Crippen molar-refractivity contribution < 1.29 is 26.3 Å². The first-order chi connectivity index (χ1) is 8.65. The van der Waals surface area contributed by atoms with E-state index in [9.17, 15) is 4.79 Å².